The highest BCUT2D eigenvalue weighted by atomic mass is 35.5. The molecule has 2 N–H and O–H groups in total. The number of carboxylic acid groups (broad SMARTS) is 1. The van der Waals surface area contributed by atoms with Crippen molar-refractivity contribution in [2.24, 2.45) is 10.2 Å². The normalized spacial score (nSPS) is 11.2. The van der Waals surface area contributed by atoms with Crippen molar-refractivity contribution >= 4 is 34.7 Å². The van der Waals surface area contributed by atoms with Crippen LogP contribution in [0.5, 0.6) is 11.5 Å². The summed E-state index contributed by atoms with van der Waals surface area (Å²) in [4.78, 5) is 15.3. The summed E-state index contributed by atoms with van der Waals surface area (Å²) in [6.45, 7) is 0. The van der Waals surface area contributed by atoms with Gasteiger partial charge in [-0.05, 0) is 24.3 Å². The van der Waals surface area contributed by atoms with Gasteiger partial charge in [0.1, 0.15) is 11.4 Å². The van der Waals surface area contributed by atoms with E-state index in [2.05, 4.69) is 15.2 Å². The molecule has 0 bridgehead atoms. The lowest BCUT2D eigenvalue weighted by atomic mass is 10.3. The van der Waals surface area contributed by atoms with Crippen LogP contribution in [0.25, 0.3) is 5.65 Å². The van der Waals surface area contributed by atoms with Crippen LogP contribution >= 0.6 is 11.6 Å². The monoisotopic (exact) mass is 346 g/mol. The van der Waals surface area contributed by atoms with Gasteiger partial charge in [0.05, 0.1) is 12.1 Å². The van der Waals surface area contributed by atoms with Crippen LogP contribution in [0.1, 0.15) is 10.5 Å². The minimum atomic E-state index is -1.29. The number of hydrogen-bond donors (Lipinski definition) is 2. The molecule has 0 atom stereocenters. The Morgan fingerprint density at radius 1 is 1.33 bits per heavy atom. The lowest BCUT2D eigenvalue weighted by molar-refractivity contribution is 0.0692. The molecule has 0 spiro atoms. The number of methoxy groups -OCH3 is 1. The average molecular weight is 347 g/mol. The van der Waals surface area contributed by atoms with Gasteiger partial charge < -0.3 is 14.9 Å². The number of pyridine rings is 1. The zero-order chi connectivity index (χ0) is 17.3. The van der Waals surface area contributed by atoms with E-state index in [0.717, 1.165) is 0 Å². The van der Waals surface area contributed by atoms with Gasteiger partial charge in [-0.15, -0.1) is 10.2 Å². The molecular weight excluding hydrogens is 336 g/mol. The highest BCUT2D eigenvalue weighted by Gasteiger charge is 2.20. The van der Waals surface area contributed by atoms with E-state index in [9.17, 15) is 15.0 Å². The Bertz CT molecular complexity index is 968. The molecule has 1 aromatic carbocycles. The highest BCUT2D eigenvalue weighted by Crippen LogP contribution is 2.32. The van der Waals surface area contributed by atoms with Gasteiger partial charge in [0.15, 0.2) is 22.9 Å². The Morgan fingerprint density at radius 2 is 2.12 bits per heavy atom. The van der Waals surface area contributed by atoms with Gasteiger partial charge in [-0.25, -0.2) is 9.78 Å². The molecule has 0 unspecified atom stereocenters. The summed E-state index contributed by atoms with van der Waals surface area (Å²) in [7, 11) is 1.50. The smallest absolute Gasteiger partial charge is 0.358 e. The summed E-state index contributed by atoms with van der Waals surface area (Å²) in [6, 6.07) is 7.75. The largest absolute Gasteiger partial charge is 0.504 e. The van der Waals surface area contributed by atoms with Crippen molar-refractivity contribution in [2.75, 3.05) is 7.11 Å². The fraction of sp³-hybridized carbons (Fsp3) is 0.0667. The standard InChI is InChI=1S/C15H11ClN4O4/c1-24-8-4-5-9(16)10(7-8)18-19-14-12(15(22)23)17-13-11(21)3-2-6-20(13)14/h2-7,21H,1H3,(H,22,23). The zero-order valence-corrected chi connectivity index (χ0v) is 13.1. The SMILES string of the molecule is COc1ccc(Cl)c(N=Nc2c(C(=O)O)nc3c(O)cccn23)c1. The molecule has 24 heavy (non-hydrogen) atoms. The number of rotatable bonds is 4. The minimum absolute atomic E-state index is 0.0349. The summed E-state index contributed by atoms with van der Waals surface area (Å²) < 4.78 is 6.42. The number of hydrogen-bond acceptors (Lipinski definition) is 6. The summed E-state index contributed by atoms with van der Waals surface area (Å²) in [6.07, 6.45) is 1.52. The number of ether oxygens (including phenoxy) is 1. The number of imidazole rings is 1. The molecule has 2 aromatic heterocycles. The number of carboxylic acids is 1. The predicted molar refractivity (Wildman–Crippen MR) is 86.0 cm³/mol. The third-order valence-corrected chi connectivity index (χ3v) is 3.53. The summed E-state index contributed by atoms with van der Waals surface area (Å²) in [5.74, 6) is -0.959. The molecule has 0 aliphatic rings. The number of fused-ring (bicyclic) bond motifs is 1. The van der Waals surface area contributed by atoms with E-state index in [1.807, 2.05) is 0 Å². The molecule has 3 rings (SSSR count). The first kappa shape index (κ1) is 15.8. The second-order valence-electron chi connectivity index (χ2n) is 4.69. The van der Waals surface area contributed by atoms with Gasteiger partial charge in [-0.3, -0.25) is 4.40 Å². The van der Waals surface area contributed by atoms with Crippen molar-refractivity contribution in [1.29, 1.82) is 0 Å². The molecule has 2 heterocycles. The maximum Gasteiger partial charge on any atom is 0.358 e. The molecule has 0 saturated heterocycles. The van der Waals surface area contributed by atoms with E-state index in [1.54, 1.807) is 18.2 Å². The molecule has 122 valence electrons. The number of benzene rings is 1. The van der Waals surface area contributed by atoms with E-state index in [0.29, 0.717) is 16.5 Å². The fourth-order valence-corrected chi connectivity index (χ4v) is 2.23. The van der Waals surface area contributed by atoms with Crippen LogP contribution in [0.4, 0.5) is 11.5 Å². The number of azo groups is 1. The Balaban J connectivity index is 2.14. The molecule has 0 aliphatic heterocycles. The van der Waals surface area contributed by atoms with E-state index < -0.39 is 5.97 Å². The molecule has 0 saturated carbocycles. The van der Waals surface area contributed by atoms with Gasteiger partial charge in [-0.2, -0.15) is 0 Å². The number of aromatic nitrogens is 2. The maximum absolute atomic E-state index is 11.4. The quantitative estimate of drug-likeness (QED) is 0.698. The molecule has 9 heteroatoms. The van der Waals surface area contributed by atoms with E-state index >= 15 is 0 Å². The average Bonchev–Trinajstić information content (AvgIpc) is 2.94. The molecule has 0 radical (unpaired) electrons. The molecular formula is C15H11ClN4O4. The second kappa shape index (κ2) is 6.17. The van der Waals surface area contributed by atoms with Crippen molar-refractivity contribution in [3.63, 3.8) is 0 Å². The first-order valence-corrected chi connectivity index (χ1v) is 7.07. The Labute approximate surface area is 140 Å². The number of aromatic carboxylic acids is 1. The van der Waals surface area contributed by atoms with E-state index in [-0.39, 0.29) is 22.9 Å². The second-order valence-corrected chi connectivity index (χ2v) is 5.10. The topological polar surface area (TPSA) is 109 Å². The van der Waals surface area contributed by atoms with E-state index in [1.165, 1.54) is 29.8 Å². The Kier molecular flexibility index (Phi) is 4.05. The fourth-order valence-electron chi connectivity index (χ4n) is 2.08. The lowest BCUT2D eigenvalue weighted by Gasteiger charge is -2.02. The molecule has 0 fully saturated rings. The third kappa shape index (κ3) is 2.74. The van der Waals surface area contributed by atoms with Crippen LogP contribution in [0.3, 0.4) is 0 Å². The van der Waals surface area contributed by atoms with Gasteiger partial charge in [0.25, 0.3) is 0 Å². The zero-order valence-electron chi connectivity index (χ0n) is 12.3. The number of nitrogens with zero attached hydrogens (tertiary/aromatic N) is 4. The van der Waals surface area contributed by atoms with Crippen molar-refractivity contribution < 1.29 is 19.7 Å². The van der Waals surface area contributed by atoms with Crippen LogP contribution in [0, 0.1) is 0 Å². The predicted octanol–water partition coefficient (Wildman–Crippen LogP) is 3.82. The van der Waals surface area contributed by atoms with Crippen molar-refractivity contribution in [2.45, 2.75) is 0 Å². The summed E-state index contributed by atoms with van der Waals surface area (Å²) in [5, 5.41) is 27.4. The van der Waals surface area contributed by atoms with Crippen LogP contribution in [0.2, 0.25) is 5.02 Å². The first-order valence-electron chi connectivity index (χ1n) is 6.70. The van der Waals surface area contributed by atoms with E-state index in [4.69, 9.17) is 16.3 Å². The van der Waals surface area contributed by atoms with Crippen LogP contribution < -0.4 is 4.74 Å². The maximum atomic E-state index is 11.4. The van der Waals surface area contributed by atoms with Crippen LogP contribution in [0.15, 0.2) is 46.8 Å². The van der Waals surface area contributed by atoms with Gasteiger partial charge in [-0.1, -0.05) is 11.6 Å². The summed E-state index contributed by atoms with van der Waals surface area (Å²) >= 11 is 6.05. The molecule has 3 aromatic rings. The number of aromatic hydroxyl groups is 1. The van der Waals surface area contributed by atoms with Crippen molar-refractivity contribution in [3.8, 4) is 11.5 Å². The van der Waals surface area contributed by atoms with Crippen molar-refractivity contribution in [1.82, 2.24) is 9.38 Å². The van der Waals surface area contributed by atoms with Gasteiger partial charge in [0.2, 0.25) is 0 Å². The first-order chi connectivity index (χ1) is 11.5. The third-order valence-electron chi connectivity index (χ3n) is 3.21. The minimum Gasteiger partial charge on any atom is -0.504 e. The van der Waals surface area contributed by atoms with Gasteiger partial charge in [0, 0.05) is 12.3 Å². The lowest BCUT2D eigenvalue weighted by Crippen LogP contribution is -1.96. The Hall–Kier alpha value is -3.13. The molecule has 0 amide bonds. The Morgan fingerprint density at radius 3 is 2.83 bits per heavy atom. The number of carbonyl (C=O) groups is 1. The highest BCUT2D eigenvalue weighted by molar-refractivity contribution is 6.33. The summed E-state index contributed by atoms with van der Waals surface area (Å²) in [5.41, 5.74) is 0.0438. The number of halogens is 1. The van der Waals surface area contributed by atoms with Crippen LogP contribution in [-0.2, 0) is 0 Å². The van der Waals surface area contributed by atoms with Crippen molar-refractivity contribution in [3.05, 3.63) is 47.2 Å². The molecule has 8 nitrogen and oxygen atoms in total. The molecule has 0 aliphatic carbocycles. The van der Waals surface area contributed by atoms with Gasteiger partial charge >= 0.3 is 5.97 Å². The van der Waals surface area contributed by atoms with Crippen LogP contribution in [-0.4, -0.2) is 32.7 Å².